The molecule has 26 heavy (non-hydrogen) atoms. The molecule has 0 saturated heterocycles. The SMILES string of the molecule is COc1ccc(-c2cccc3c(OCc4ccccc4)cccc23)cc1. The Morgan fingerprint density at radius 2 is 1.38 bits per heavy atom. The van der Waals surface area contributed by atoms with Gasteiger partial charge in [0.15, 0.2) is 0 Å². The standard InChI is InChI=1S/C24H20O2/c1-25-20-15-13-19(14-16-20)21-9-5-11-23-22(21)10-6-12-24(23)26-17-18-7-3-2-4-8-18/h2-16H,17H2,1H3. The summed E-state index contributed by atoms with van der Waals surface area (Å²) in [4.78, 5) is 0. The molecule has 0 heterocycles. The summed E-state index contributed by atoms with van der Waals surface area (Å²) in [5.41, 5.74) is 3.52. The molecule has 4 rings (SSSR count). The zero-order valence-electron chi connectivity index (χ0n) is 14.7. The highest BCUT2D eigenvalue weighted by Gasteiger charge is 2.08. The van der Waals surface area contributed by atoms with E-state index in [4.69, 9.17) is 9.47 Å². The second kappa shape index (κ2) is 7.32. The van der Waals surface area contributed by atoms with Crippen molar-refractivity contribution in [3.63, 3.8) is 0 Å². The van der Waals surface area contributed by atoms with E-state index < -0.39 is 0 Å². The number of rotatable bonds is 5. The van der Waals surface area contributed by atoms with E-state index in [0.29, 0.717) is 6.61 Å². The highest BCUT2D eigenvalue weighted by Crippen LogP contribution is 2.34. The van der Waals surface area contributed by atoms with Gasteiger partial charge in [-0.3, -0.25) is 0 Å². The third kappa shape index (κ3) is 3.27. The Labute approximate surface area is 153 Å². The Morgan fingerprint density at radius 3 is 2.15 bits per heavy atom. The molecular formula is C24H20O2. The molecule has 0 amide bonds. The predicted octanol–water partition coefficient (Wildman–Crippen LogP) is 6.09. The van der Waals surface area contributed by atoms with Crippen molar-refractivity contribution in [2.24, 2.45) is 0 Å². The number of ether oxygens (including phenoxy) is 2. The lowest BCUT2D eigenvalue weighted by Crippen LogP contribution is -1.96. The molecule has 0 fully saturated rings. The lowest BCUT2D eigenvalue weighted by atomic mass is 9.98. The molecule has 128 valence electrons. The summed E-state index contributed by atoms with van der Waals surface area (Å²) in [7, 11) is 1.68. The normalized spacial score (nSPS) is 10.7. The third-order valence-electron chi connectivity index (χ3n) is 4.52. The molecule has 0 atom stereocenters. The minimum atomic E-state index is 0.562. The van der Waals surface area contributed by atoms with E-state index in [1.165, 1.54) is 10.9 Å². The van der Waals surface area contributed by atoms with E-state index in [2.05, 4.69) is 54.6 Å². The van der Waals surface area contributed by atoms with Crippen molar-refractivity contribution in [1.82, 2.24) is 0 Å². The first-order valence-corrected chi connectivity index (χ1v) is 8.68. The molecule has 0 unspecified atom stereocenters. The number of benzene rings is 4. The zero-order valence-corrected chi connectivity index (χ0v) is 14.7. The molecule has 0 N–H and O–H groups in total. The number of methoxy groups -OCH3 is 1. The molecular weight excluding hydrogens is 320 g/mol. The summed E-state index contributed by atoms with van der Waals surface area (Å²) in [5.74, 6) is 1.77. The first-order chi connectivity index (χ1) is 12.8. The van der Waals surface area contributed by atoms with E-state index in [0.717, 1.165) is 28.0 Å². The highest BCUT2D eigenvalue weighted by molar-refractivity contribution is 5.99. The smallest absolute Gasteiger partial charge is 0.127 e. The van der Waals surface area contributed by atoms with Gasteiger partial charge in [-0.15, -0.1) is 0 Å². The van der Waals surface area contributed by atoms with Crippen LogP contribution in [-0.4, -0.2) is 7.11 Å². The summed E-state index contributed by atoms with van der Waals surface area (Å²) < 4.78 is 11.4. The van der Waals surface area contributed by atoms with Crippen molar-refractivity contribution in [2.45, 2.75) is 6.61 Å². The molecule has 4 aromatic carbocycles. The van der Waals surface area contributed by atoms with E-state index in [9.17, 15) is 0 Å². The van der Waals surface area contributed by atoms with Gasteiger partial charge in [-0.05, 0) is 40.3 Å². The molecule has 0 aliphatic carbocycles. The zero-order chi connectivity index (χ0) is 17.8. The van der Waals surface area contributed by atoms with Crippen LogP contribution >= 0.6 is 0 Å². The summed E-state index contributed by atoms with van der Waals surface area (Å²) in [6, 6.07) is 31.0. The molecule has 0 aromatic heterocycles. The fraction of sp³-hybridized carbons (Fsp3) is 0.0833. The third-order valence-corrected chi connectivity index (χ3v) is 4.52. The van der Waals surface area contributed by atoms with Crippen LogP contribution in [0.2, 0.25) is 0 Å². The summed E-state index contributed by atoms with van der Waals surface area (Å²) in [6.45, 7) is 0.562. The summed E-state index contributed by atoms with van der Waals surface area (Å²) in [6.07, 6.45) is 0. The van der Waals surface area contributed by atoms with E-state index in [1.807, 2.05) is 36.4 Å². The Morgan fingerprint density at radius 1 is 0.654 bits per heavy atom. The summed E-state index contributed by atoms with van der Waals surface area (Å²) in [5, 5.41) is 2.31. The van der Waals surface area contributed by atoms with Crippen molar-refractivity contribution in [3.05, 3.63) is 96.6 Å². The quantitative estimate of drug-likeness (QED) is 0.437. The fourth-order valence-electron chi connectivity index (χ4n) is 3.16. The van der Waals surface area contributed by atoms with Crippen LogP contribution in [0.4, 0.5) is 0 Å². The maximum Gasteiger partial charge on any atom is 0.127 e. The van der Waals surface area contributed by atoms with Gasteiger partial charge in [-0.2, -0.15) is 0 Å². The first-order valence-electron chi connectivity index (χ1n) is 8.68. The molecule has 0 aliphatic rings. The topological polar surface area (TPSA) is 18.5 Å². The fourth-order valence-corrected chi connectivity index (χ4v) is 3.16. The van der Waals surface area contributed by atoms with Gasteiger partial charge in [0.1, 0.15) is 18.1 Å². The van der Waals surface area contributed by atoms with Gasteiger partial charge in [-0.1, -0.05) is 72.8 Å². The molecule has 0 spiro atoms. The van der Waals surface area contributed by atoms with Crippen LogP contribution in [0, 0.1) is 0 Å². The van der Waals surface area contributed by atoms with Gasteiger partial charge in [-0.25, -0.2) is 0 Å². The van der Waals surface area contributed by atoms with E-state index in [1.54, 1.807) is 7.11 Å². The van der Waals surface area contributed by atoms with Gasteiger partial charge >= 0.3 is 0 Å². The van der Waals surface area contributed by atoms with Gasteiger partial charge in [0.25, 0.3) is 0 Å². The summed E-state index contributed by atoms with van der Waals surface area (Å²) >= 11 is 0. The van der Waals surface area contributed by atoms with Gasteiger partial charge in [0.05, 0.1) is 7.11 Å². The second-order valence-electron chi connectivity index (χ2n) is 6.16. The van der Waals surface area contributed by atoms with Crippen LogP contribution in [0.3, 0.4) is 0 Å². The average molecular weight is 340 g/mol. The van der Waals surface area contributed by atoms with Crippen molar-refractivity contribution in [2.75, 3.05) is 7.11 Å². The van der Waals surface area contributed by atoms with Gasteiger partial charge in [0.2, 0.25) is 0 Å². The van der Waals surface area contributed by atoms with Crippen LogP contribution in [0.5, 0.6) is 11.5 Å². The van der Waals surface area contributed by atoms with Gasteiger partial charge < -0.3 is 9.47 Å². The number of fused-ring (bicyclic) bond motifs is 1. The van der Waals surface area contributed by atoms with Gasteiger partial charge in [0, 0.05) is 5.39 Å². The molecule has 2 heteroatoms. The molecule has 0 aliphatic heterocycles. The molecule has 2 nitrogen and oxygen atoms in total. The van der Waals surface area contributed by atoms with E-state index in [-0.39, 0.29) is 0 Å². The number of hydrogen-bond acceptors (Lipinski definition) is 2. The first kappa shape index (κ1) is 16.2. The van der Waals surface area contributed by atoms with Crippen LogP contribution in [0.1, 0.15) is 5.56 Å². The highest BCUT2D eigenvalue weighted by atomic mass is 16.5. The minimum Gasteiger partial charge on any atom is -0.497 e. The Kier molecular flexibility index (Phi) is 4.57. The van der Waals surface area contributed by atoms with Crippen LogP contribution in [0.25, 0.3) is 21.9 Å². The molecule has 0 saturated carbocycles. The van der Waals surface area contributed by atoms with Crippen molar-refractivity contribution >= 4 is 10.8 Å². The Hall–Kier alpha value is -3.26. The lowest BCUT2D eigenvalue weighted by Gasteiger charge is -2.12. The lowest BCUT2D eigenvalue weighted by molar-refractivity contribution is 0.310. The van der Waals surface area contributed by atoms with E-state index >= 15 is 0 Å². The monoisotopic (exact) mass is 340 g/mol. The van der Waals surface area contributed by atoms with Crippen molar-refractivity contribution < 1.29 is 9.47 Å². The largest absolute Gasteiger partial charge is 0.497 e. The van der Waals surface area contributed by atoms with Crippen molar-refractivity contribution in [1.29, 1.82) is 0 Å². The average Bonchev–Trinajstić information content (AvgIpc) is 2.72. The van der Waals surface area contributed by atoms with Crippen molar-refractivity contribution in [3.8, 4) is 22.6 Å². The maximum absolute atomic E-state index is 6.11. The maximum atomic E-state index is 6.11. The predicted molar refractivity (Wildman–Crippen MR) is 107 cm³/mol. The second-order valence-corrected chi connectivity index (χ2v) is 6.16. The van der Waals surface area contributed by atoms with Crippen LogP contribution in [0.15, 0.2) is 91.0 Å². The molecule has 4 aromatic rings. The Balaban J connectivity index is 1.70. The molecule has 0 radical (unpaired) electrons. The number of hydrogen-bond donors (Lipinski definition) is 0. The Bertz CT molecular complexity index is 1010. The van der Waals surface area contributed by atoms with Crippen LogP contribution in [-0.2, 0) is 6.61 Å². The van der Waals surface area contributed by atoms with Crippen LogP contribution < -0.4 is 9.47 Å². The minimum absolute atomic E-state index is 0.562. The molecule has 0 bridgehead atoms.